The summed E-state index contributed by atoms with van der Waals surface area (Å²) in [6.45, 7) is 2.12. The first kappa shape index (κ1) is 15.7. The van der Waals surface area contributed by atoms with Crippen molar-refractivity contribution in [1.82, 2.24) is 9.80 Å². The van der Waals surface area contributed by atoms with E-state index in [9.17, 15) is 9.59 Å². The number of hydrogen-bond donors (Lipinski definition) is 0. The molecule has 0 N–H and O–H groups in total. The summed E-state index contributed by atoms with van der Waals surface area (Å²) in [5, 5.41) is 0. The van der Waals surface area contributed by atoms with Gasteiger partial charge in [-0.1, -0.05) is 43.5 Å². The molecule has 4 rings (SSSR count). The number of carbonyl (C=O) groups is 2. The third-order valence-corrected chi connectivity index (χ3v) is 5.97. The molecule has 1 aromatic rings. The lowest BCUT2D eigenvalue weighted by atomic mass is 9.94. The van der Waals surface area contributed by atoms with Gasteiger partial charge in [0.05, 0.1) is 5.92 Å². The van der Waals surface area contributed by atoms with E-state index in [0.717, 1.165) is 25.8 Å². The molecule has 4 nitrogen and oxygen atoms in total. The van der Waals surface area contributed by atoms with E-state index >= 15 is 0 Å². The van der Waals surface area contributed by atoms with Gasteiger partial charge in [-0.05, 0) is 30.4 Å². The number of nitrogens with zero attached hydrogens (tertiary/aromatic N) is 2. The molecule has 2 amide bonds. The molecule has 0 bridgehead atoms. The molecular formula is C20H26N2O2. The van der Waals surface area contributed by atoms with Crippen LogP contribution < -0.4 is 0 Å². The lowest BCUT2D eigenvalue weighted by Crippen LogP contribution is -2.42. The van der Waals surface area contributed by atoms with Gasteiger partial charge in [-0.15, -0.1) is 0 Å². The molecule has 2 fully saturated rings. The zero-order chi connectivity index (χ0) is 16.5. The lowest BCUT2D eigenvalue weighted by Gasteiger charge is -2.33. The molecule has 2 heterocycles. The van der Waals surface area contributed by atoms with E-state index in [-0.39, 0.29) is 17.7 Å². The first-order valence-corrected chi connectivity index (χ1v) is 9.37. The van der Waals surface area contributed by atoms with Gasteiger partial charge >= 0.3 is 0 Å². The normalized spacial score (nSPS) is 25.0. The average molecular weight is 326 g/mol. The van der Waals surface area contributed by atoms with Crippen molar-refractivity contribution in [3.63, 3.8) is 0 Å². The van der Waals surface area contributed by atoms with Crippen LogP contribution in [-0.2, 0) is 22.6 Å². The molecule has 1 atom stereocenters. The minimum absolute atomic E-state index is 0.135. The maximum absolute atomic E-state index is 12.9. The van der Waals surface area contributed by atoms with Crippen molar-refractivity contribution in [2.75, 3.05) is 13.1 Å². The Morgan fingerprint density at radius 3 is 2.58 bits per heavy atom. The maximum atomic E-state index is 12.9. The van der Waals surface area contributed by atoms with Gasteiger partial charge in [0.2, 0.25) is 11.8 Å². The molecule has 1 unspecified atom stereocenters. The van der Waals surface area contributed by atoms with Gasteiger partial charge in [0.15, 0.2) is 0 Å². The van der Waals surface area contributed by atoms with E-state index in [1.807, 2.05) is 15.9 Å². The molecule has 0 spiro atoms. The highest BCUT2D eigenvalue weighted by molar-refractivity contribution is 5.89. The van der Waals surface area contributed by atoms with Gasteiger partial charge in [0.1, 0.15) is 0 Å². The quantitative estimate of drug-likeness (QED) is 0.838. The van der Waals surface area contributed by atoms with Gasteiger partial charge < -0.3 is 9.80 Å². The number of fused-ring (bicyclic) bond motifs is 1. The molecule has 128 valence electrons. The second-order valence-electron chi connectivity index (χ2n) is 7.52. The summed E-state index contributed by atoms with van der Waals surface area (Å²) in [7, 11) is 0. The molecule has 0 aromatic heterocycles. The van der Waals surface area contributed by atoms with Gasteiger partial charge in [-0.2, -0.15) is 0 Å². The Morgan fingerprint density at radius 2 is 1.79 bits per heavy atom. The van der Waals surface area contributed by atoms with Crippen molar-refractivity contribution < 1.29 is 9.59 Å². The van der Waals surface area contributed by atoms with Gasteiger partial charge in [0.25, 0.3) is 0 Å². The summed E-state index contributed by atoms with van der Waals surface area (Å²) in [6.07, 6.45) is 7.29. The van der Waals surface area contributed by atoms with E-state index in [1.54, 1.807) is 0 Å². The third kappa shape index (κ3) is 2.94. The number of likely N-dealkylation sites (tertiary alicyclic amines) is 1. The van der Waals surface area contributed by atoms with Crippen LogP contribution >= 0.6 is 0 Å². The van der Waals surface area contributed by atoms with Crippen molar-refractivity contribution in [2.24, 2.45) is 5.92 Å². The van der Waals surface area contributed by atoms with Crippen LogP contribution in [-0.4, -0.2) is 40.7 Å². The number of benzene rings is 1. The van der Waals surface area contributed by atoms with Crippen molar-refractivity contribution in [3.05, 3.63) is 35.4 Å². The van der Waals surface area contributed by atoms with E-state index < -0.39 is 0 Å². The zero-order valence-electron chi connectivity index (χ0n) is 14.2. The van der Waals surface area contributed by atoms with Crippen LogP contribution in [0.4, 0.5) is 0 Å². The van der Waals surface area contributed by atoms with Crippen molar-refractivity contribution >= 4 is 11.8 Å². The SMILES string of the molecule is O=C(C1CC(=O)N(C2CCCCC2)C1)N1CCc2ccccc2C1. The van der Waals surface area contributed by atoms with Crippen LogP contribution in [0.2, 0.25) is 0 Å². The van der Waals surface area contributed by atoms with Crippen LogP contribution in [0.1, 0.15) is 49.7 Å². The summed E-state index contributed by atoms with van der Waals surface area (Å²) in [4.78, 5) is 29.3. The van der Waals surface area contributed by atoms with Crippen LogP contribution in [0.3, 0.4) is 0 Å². The molecular weight excluding hydrogens is 300 g/mol. The number of rotatable bonds is 2. The summed E-state index contributed by atoms with van der Waals surface area (Å²) in [6, 6.07) is 8.75. The van der Waals surface area contributed by atoms with E-state index in [1.165, 1.54) is 30.4 Å². The second-order valence-corrected chi connectivity index (χ2v) is 7.52. The Morgan fingerprint density at radius 1 is 1.04 bits per heavy atom. The fourth-order valence-electron chi connectivity index (χ4n) is 4.58. The summed E-state index contributed by atoms with van der Waals surface area (Å²) in [5.74, 6) is 0.235. The fraction of sp³-hybridized carbons (Fsp3) is 0.600. The Hall–Kier alpha value is -1.84. The Labute approximate surface area is 143 Å². The average Bonchev–Trinajstić information content (AvgIpc) is 3.03. The van der Waals surface area contributed by atoms with Gasteiger partial charge in [0, 0.05) is 32.1 Å². The maximum Gasteiger partial charge on any atom is 0.228 e. The highest BCUT2D eigenvalue weighted by Gasteiger charge is 2.40. The standard InChI is InChI=1S/C20H26N2O2/c23-19-12-17(14-22(19)18-8-2-1-3-9-18)20(24)21-11-10-15-6-4-5-7-16(15)13-21/h4-7,17-18H,1-3,8-14H2. The highest BCUT2D eigenvalue weighted by atomic mass is 16.2. The largest absolute Gasteiger partial charge is 0.339 e. The monoisotopic (exact) mass is 326 g/mol. The molecule has 1 saturated carbocycles. The highest BCUT2D eigenvalue weighted by Crippen LogP contribution is 2.30. The number of amides is 2. The molecule has 1 aliphatic carbocycles. The van der Waals surface area contributed by atoms with Crippen LogP contribution in [0.25, 0.3) is 0 Å². The summed E-state index contributed by atoms with van der Waals surface area (Å²) < 4.78 is 0. The summed E-state index contributed by atoms with van der Waals surface area (Å²) in [5.41, 5.74) is 2.61. The number of hydrogen-bond acceptors (Lipinski definition) is 2. The van der Waals surface area contributed by atoms with Gasteiger partial charge in [-0.25, -0.2) is 0 Å². The van der Waals surface area contributed by atoms with E-state index in [2.05, 4.69) is 18.2 Å². The molecule has 2 aliphatic heterocycles. The third-order valence-electron chi connectivity index (χ3n) is 5.97. The van der Waals surface area contributed by atoms with Crippen molar-refractivity contribution in [2.45, 2.75) is 57.5 Å². The Bertz CT molecular complexity index is 636. The predicted octanol–water partition coefficient (Wildman–Crippen LogP) is 2.75. The molecule has 4 heteroatoms. The fourth-order valence-corrected chi connectivity index (χ4v) is 4.58. The van der Waals surface area contributed by atoms with Crippen LogP contribution in [0.5, 0.6) is 0 Å². The zero-order valence-corrected chi connectivity index (χ0v) is 14.2. The predicted molar refractivity (Wildman–Crippen MR) is 92.3 cm³/mol. The first-order valence-electron chi connectivity index (χ1n) is 9.37. The lowest BCUT2D eigenvalue weighted by molar-refractivity contribution is -0.136. The molecule has 0 radical (unpaired) electrons. The minimum Gasteiger partial charge on any atom is -0.339 e. The Kier molecular flexibility index (Phi) is 4.30. The van der Waals surface area contributed by atoms with Gasteiger partial charge in [-0.3, -0.25) is 9.59 Å². The molecule has 24 heavy (non-hydrogen) atoms. The minimum atomic E-state index is -0.135. The molecule has 1 aromatic carbocycles. The van der Waals surface area contributed by atoms with Crippen LogP contribution in [0.15, 0.2) is 24.3 Å². The van der Waals surface area contributed by atoms with E-state index in [4.69, 9.17) is 0 Å². The Balaban J connectivity index is 1.41. The van der Waals surface area contributed by atoms with Crippen molar-refractivity contribution in [3.8, 4) is 0 Å². The first-order chi connectivity index (χ1) is 11.7. The van der Waals surface area contributed by atoms with E-state index in [0.29, 0.717) is 25.6 Å². The second kappa shape index (κ2) is 6.58. The molecule has 3 aliphatic rings. The number of carbonyl (C=O) groups excluding carboxylic acids is 2. The van der Waals surface area contributed by atoms with Crippen LogP contribution in [0, 0.1) is 5.92 Å². The smallest absolute Gasteiger partial charge is 0.228 e. The van der Waals surface area contributed by atoms with Crippen molar-refractivity contribution in [1.29, 1.82) is 0 Å². The topological polar surface area (TPSA) is 40.6 Å². The molecule has 1 saturated heterocycles. The summed E-state index contributed by atoms with van der Waals surface area (Å²) >= 11 is 0.